The van der Waals surface area contributed by atoms with Crippen molar-refractivity contribution in [1.82, 2.24) is 9.55 Å². The summed E-state index contributed by atoms with van der Waals surface area (Å²) in [6.45, 7) is 3.81. The first-order valence-corrected chi connectivity index (χ1v) is 10.7. The Hall–Kier alpha value is -3.45. The maximum atomic E-state index is 13.2. The lowest BCUT2D eigenvalue weighted by Crippen LogP contribution is -2.24. The predicted octanol–water partition coefficient (Wildman–Crippen LogP) is 4.80. The van der Waals surface area contributed by atoms with Gasteiger partial charge in [-0.1, -0.05) is 12.1 Å². The van der Waals surface area contributed by atoms with Crippen LogP contribution in [0.25, 0.3) is 21.3 Å². The monoisotopic (exact) mass is 434 g/mol. The minimum Gasteiger partial charge on any atom is -0.497 e. The molecule has 0 saturated carbocycles. The van der Waals surface area contributed by atoms with Gasteiger partial charge in [-0.2, -0.15) is 0 Å². The van der Waals surface area contributed by atoms with Crippen LogP contribution < -0.4 is 15.0 Å². The number of ether oxygens (including phenoxy) is 2. The standard InChI is InChI=1S/C24H22N2O4S/c1-15(2)30-19-10-6-17(7-11-19)21(27)12-26-14-25-23-22(24(26)28)20(13-31-23)16-4-8-18(29-3)9-5-16/h4-11,13-15H,12H2,1-3H3. The first-order chi connectivity index (χ1) is 15.0. The molecule has 0 spiro atoms. The zero-order valence-corrected chi connectivity index (χ0v) is 18.3. The number of rotatable bonds is 7. The molecule has 7 heteroatoms. The van der Waals surface area contributed by atoms with E-state index in [1.165, 1.54) is 22.2 Å². The summed E-state index contributed by atoms with van der Waals surface area (Å²) < 4.78 is 12.2. The smallest absolute Gasteiger partial charge is 0.263 e. The van der Waals surface area contributed by atoms with Gasteiger partial charge >= 0.3 is 0 Å². The van der Waals surface area contributed by atoms with Crippen molar-refractivity contribution < 1.29 is 14.3 Å². The summed E-state index contributed by atoms with van der Waals surface area (Å²) in [5.74, 6) is 1.28. The Morgan fingerprint density at radius 1 is 1.06 bits per heavy atom. The zero-order chi connectivity index (χ0) is 22.0. The number of Topliss-reactive ketones (excluding diaryl/α,β-unsaturated/α-hetero) is 1. The number of carbonyl (C=O) groups is 1. The van der Waals surface area contributed by atoms with Crippen LogP contribution in [0.5, 0.6) is 11.5 Å². The fourth-order valence-corrected chi connectivity index (χ4v) is 4.21. The molecule has 0 N–H and O–H groups in total. The molecular formula is C24H22N2O4S. The van der Waals surface area contributed by atoms with E-state index in [0.717, 1.165) is 16.9 Å². The molecule has 4 rings (SSSR count). The Bertz CT molecular complexity index is 1270. The summed E-state index contributed by atoms with van der Waals surface area (Å²) in [5.41, 5.74) is 1.99. The minimum atomic E-state index is -0.231. The molecule has 2 aromatic heterocycles. The normalized spacial score (nSPS) is 11.1. The fourth-order valence-electron chi connectivity index (χ4n) is 3.30. The van der Waals surface area contributed by atoms with Gasteiger partial charge in [-0.05, 0) is 55.8 Å². The Balaban J connectivity index is 1.63. The molecule has 0 unspecified atom stereocenters. The number of thiophene rings is 1. The van der Waals surface area contributed by atoms with Gasteiger partial charge in [-0.15, -0.1) is 11.3 Å². The van der Waals surface area contributed by atoms with E-state index < -0.39 is 0 Å². The molecule has 0 radical (unpaired) electrons. The molecule has 0 bridgehead atoms. The number of aromatic nitrogens is 2. The van der Waals surface area contributed by atoms with E-state index in [4.69, 9.17) is 9.47 Å². The van der Waals surface area contributed by atoms with E-state index in [-0.39, 0.29) is 24.0 Å². The second-order valence-electron chi connectivity index (χ2n) is 7.35. The van der Waals surface area contributed by atoms with Crippen molar-refractivity contribution in [3.63, 3.8) is 0 Å². The number of fused-ring (bicyclic) bond motifs is 1. The molecule has 2 aromatic carbocycles. The summed E-state index contributed by atoms with van der Waals surface area (Å²) in [6, 6.07) is 14.5. The second kappa shape index (κ2) is 8.73. The molecule has 0 aliphatic carbocycles. The van der Waals surface area contributed by atoms with Gasteiger partial charge in [0.1, 0.15) is 16.3 Å². The summed E-state index contributed by atoms with van der Waals surface area (Å²) in [5, 5.41) is 2.44. The second-order valence-corrected chi connectivity index (χ2v) is 8.21. The SMILES string of the molecule is COc1ccc(-c2csc3ncn(CC(=O)c4ccc(OC(C)C)cc4)c(=O)c23)cc1. The van der Waals surface area contributed by atoms with Gasteiger partial charge in [-0.25, -0.2) is 4.98 Å². The minimum absolute atomic E-state index is 0.0587. The average molecular weight is 435 g/mol. The Morgan fingerprint density at radius 2 is 1.74 bits per heavy atom. The number of hydrogen-bond acceptors (Lipinski definition) is 6. The number of ketones is 1. The molecule has 6 nitrogen and oxygen atoms in total. The molecular weight excluding hydrogens is 412 g/mol. The van der Waals surface area contributed by atoms with Crippen LogP contribution in [0.4, 0.5) is 0 Å². The lowest BCUT2D eigenvalue weighted by Gasteiger charge is -2.10. The van der Waals surface area contributed by atoms with Crippen LogP contribution in [-0.4, -0.2) is 28.5 Å². The Morgan fingerprint density at radius 3 is 2.39 bits per heavy atom. The molecule has 2 heterocycles. The first kappa shape index (κ1) is 20.8. The van der Waals surface area contributed by atoms with Gasteiger partial charge in [0.2, 0.25) is 0 Å². The largest absolute Gasteiger partial charge is 0.497 e. The summed E-state index contributed by atoms with van der Waals surface area (Å²) in [4.78, 5) is 31.0. The molecule has 31 heavy (non-hydrogen) atoms. The third-order valence-electron chi connectivity index (χ3n) is 4.82. The van der Waals surface area contributed by atoms with Crippen molar-refractivity contribution in [2.45, 2.75) is 26.5 Å². The first-order valence-electron chi connectivity index (χ1n) is 9.87. The highest BCUT2D eigenvalue weighted by Crippen LogP contribution is 2.31. The summed E-state index contributed by atoms with van der Waals surface area (Å²) in [7, 11) is 1.61. The maximum Gasteiger partial charge on any atom is 0.263 e. The van der Waals surface area contributed by atoms with Crippen molar-refractivity contribution in [2.24, 2.45) is 0 Å². The van der Waals surface area contributed by atoms with Crippen LogP contribution in [0.2, 0.25) is 0 Å². The molecule has 0 saturated heterocycles. The number of carbonyl (C=O) groups excluding carboxylic acids is 1. The van der Waals surface area contributed by atoms with Crippen LogP contribution in [0, 0.1) is 0 Å². The molecule has 0 atom stereocenters. The predicted molar refractivity (Wildman–Crippen MR) is 122 cm³/mol. The number of hydrogen-bond donors (Lipinski definition) is 0. The van der Waals surface area contributed by atoms with E-state index >= 15 is 0 Å². The average Bonchev–Trinajstić information content (AvgIpc) is 3.21. The topological polar surface area (TPSA) is 70.4 Å². The van der Waals surface area contributed by atoms with E-state index in [0.29, 0.717) is 21.5 Å². The van der Waals surface area contributed by atoms with Crippen molar-refractivity contribution in [3.05, 3.63) is 76.2 Å². The van der Waals surface area contributed by atoms with Crippen LogP contribution in [0.15, 0.2) is 65.0 Å². The van der Waals surface area contributed by atoms with E-state index in [2.05, 4.69) is 4.98 Å². The number of nitrogens with zero attached hydrogens (tertiary/aromatic N) is 2. The van der Waals surface area contributed by atoms with Crippen molar-refractivity contribution in [2.75, 3.05) is 7.11 Å². The molecule has 0 amide bonds. The fraction of sp³-hybridized carbons (Fsp3) is 0.208. The maximum absolute atomic E-state index is 13.2. The Labute approximate surface area is 183 Å². The highest BCUT2D eigenvalue weighted by atomic mass is 32.1. The van der Waals surface area contributed by atoms with E-state index in [1.807, 2.05) is 43.5 Å². The lowest BCUT2D eigenvalue weighted by atomic mass is 10.1. The molecule has 0 fully saturated rings. The lowest BCUT2D eigenvalue weighted by molar-refractivity contribution is 0.0970. The van der Waals surface area contributed by atoms with Crippen molar-refractivity contribution in [1.29, 1.82) is 0 Å². The van der Waals surface area contributed by atoms with Crippen LogP contribution in [0.3, 0.4) is 0 Å². The van der Waals surface area contributed by atoms with E-state index in [1.54, 1.807) is 31.4 Å². The van der Waals surface area contributed by atoms with Gasteiger partial charge in [0.05, 0.1) is 31.5 Å². The zero-order valence-electron chi connectivity index (χ0n) is 17.5. The molecule has 4 aromatic rings. The molecule has 0 aliphatic rings. The van der Waals surface area contributed by atoms with Crippen LogP contribution in [-0.2, 0) is 6.54 Å². The van der Waals surface area contributed by atoms with Crippen LogP contribution in [0.1, 0.15) is 24.2 Å². The molecule has 0 aliphatic heterocycles. The quantitative estimate of drug-likeness (QED) is 0.391. The van der Waals surface area contributed by atoms with Gasteiger partial charge in [0, 0.05) is 16.5 Å². The number of methoxy groups -OCH3 is 1. The third kappa shape index (κ3) is 4.36. The van der Waals surface area contributed by atoms with E-state index in [9.17, 15) is 9.59 Å². The number of benzene rings is 2. The molecule has 158 valence electrons. The van der Waals surface area contributed by atoms with Gasteiger partial charge in [0.25, 0.3) is 5.56 Å². The van der Waals surface area contributed by atoms with Crippen LogP contribution >= 0.6 is 11.3 Å². The Kier molecular flexibility index (Phi) is 5.86. The van der Waals surface area contributed by atoms with Crippen molar-refractivity contribution in [3.8, 4) is 22.6 Å². The van der Waals surface area contributed by atoms with Gasteiger partial charge in [-0.3, -0.25) is 14.2 Å². The highest BCUT2D eigenvalue weighted by molar-refractivity contribution is 7.17. The highest BCUT2D eigenvalue weighted by Gasteiger charge is 2.15. The van der Waals surface area contributed by atoms with Gasteiger partial charge < -0.3 is 9.47 Å². The summed E-state index contributed by atoms with van der Waals surface area (Å²) in [6.07, 6.45) is 1.50. The van der Waals surface area contributed by atoms with Crippen molar-refractivity contribution >= 4 is 27.3 Å². The third-order valence-corrected chi connectivity index (χ3v) is 5.71. The van der Waals surface area contributed by atoms with Gasteiger partial charge in [0.15, 0.2) is 5.78 Å². The summed E-state index contributed by atoms with van der Waals surface area (Å²) >= 11 is 1.41.